The first kappa shape index (κ1) is 17.0. The third kappa shape index (κ3) is 4.10. The van der Waals surface area contributed by atoms with Gasteiger partial charge >= 0.3 is 0 Å². The Kier molecular flexibility index (Phi) is 5.05. The van der Waals surface area contributed by atoms with Crippen LogP contribution in [0.5, 0.6) is 5.75 Å². The third-order valence-corrected chi connectivity index (χ3v) is 5.15. The van der Waals surface area contributed by atoms with E-state index in [1.165, 1.54) is 13.2 Å². The Morgan fingerprint density at radius 2 is 1.78 bits per heavy atom. The highest BCUT2D eigenvalue weighted by molar-refractivity contribution is 7.92. The molecule has 0 aromatic heterocycles. The second-order valence-corrected chi connectivity index (χ2v) is 7.24. The molecule has 0 aliphatic carbocycles. The van der Waals surface area contributed by atoms with Crippen molar-refractivity contribution in [2.45, 2.75) is 18.7 Å². The Balaban J connectivity index is 2.17. The molecule has 0 atom stereocenters. The van der Waals surface area contributed by atoms with Gasteiger partial charge in [-0.05, 0) is 49.2 Å². The lowest BCUT2D eigenvalue weighted by atomic mass is 10.1. The molecule has 0 aliphatic rings. The number of hydrogen-bond acceptors (Lipinski definition) is 4. The van der Waals surface area contributed by atoms with Crippen molar-refractivity contribution in [3.63, 3.8) is 0 Å². The summed E-state index contributed by atoms with van der Waals surface area (Å²) in [6, 6.07) is 11.7. The van der Waals surface area contributed by atoms with E-state index in [2.05, 4.69) is 5.32 Å². The maximum atomic E-state index is 12.4. The van der Waals surface area contributed by atoms with Crippen LogP contribution in [0.15, 0.2) is 47.4 Å². The van der Waals surface area contributed by atoms with Gasteiger partial charge in [-0.1, -0.05) is 18.2 Å². The standard InChI is InChI=1S/C17H19NO4S/c1-12-8-9-14(10-13(12)2)23(20,21)11-17(19)18-15-6-4-5-7-16(15)22-3/h4-10H,11H2,1-3H3,(H,18,19). The number of para-hydroxylation sites is 2. The molecular weight excluding hydrogens is 314 g/mol. The van der Waals surface area contributed by atoms with E-state index in [4.69, 9.17) is 4.74 Å². The number of hydrogen-bond donors (Lipinski definition) is 1. The summed E-state index contributed by atoms with van der Waals surface area (Å²) in [7, 11) is -2.21. The zero-order valence-corrected chi connectivity index (χ0v) is 14.1. The van der Waals surface area contributed by atoms with Gasteiger partial charge in [0.1, 0.15) is 11.5 Å². The molecule has 0 saturated heterocycles. The zero-order chi connectivity index (χ0) is 17.0. The summed E-state index contributed by atoms with van der Waals surface area (Å²) in [6.45, 7) is 3.74. The number of anilines is 1. The van der Waals surface area contributed by atoms with Crippen LogP contribution in [0.3, 0.4) is 0 Å². The number of carbonyl (C=O) groups is 1. The van der Waals surface area contributed by atoms with Gasteiger partial charge in [0, 0.05) is 0 Å². The van der Waals surface area contributed by atoms with Crippen molar-refractivity contribution < 1.29 is 17.9 Å². The molecule has 1 N–H and O–H groups in total. The Bertz CT molecular complexity index is 828. The lowest BCUT2D eigenvalue weighted by molar-refractivity contribution is -0.113. The minimum atomic E-state index is -3.69. The fraction of sp³-hybridized carbons (Fsp3) is 0.235. The molecule has 2 rings (SSSR count). The highest BCUT2D eigenvalue weighted by Gasteiger charge is 2.20. The Labute approximate surface area is 136 Å². The first-order chi connectivity index (χ1) is 10.8. The van der Waals surface area contributed by atoms with Crippen LogP contribution in [0.2, 0.25) is 0 Å². The van der Waals surface area contributed by atoms with Crippen LogP contribution in [0, 0.1) is 13.8 Å². The molecule has 0 fully saturated rings. The summed E-state index contributed by atoms with van der Waals surface area (Å²) in [4.78, 5) is 12.2. The van der Waals surface area contributed by atoms with Crippen molar-refractivity contribution in [3.8, 4) is 5.75 Å². The molecule has 2 aromatic rings. The van der Waals surface area contributed by atoms with Crippen molar-refractivity contribution in [2.75, 3.05) is 18.2 Å². The van der Waals surface area contributed by atoms with Crippen LogP contribution >= 0.6 is 0 Å². The van der Waals surface area contributed by atoms with Gasteiger partial charge < -0.3 is 10.1 Å². The van der Waals surface area contributed by atoms with E-state index in [-0.39, 0.29) is 4.90 Å². The molecule has 6 heteroatoms. The molecule has 0 saturated carbocycles. The number of nitrogens with one attached hydrogen (secondary N) is 1. The fourth-order valence-electron chi connectivity index (χ4n) is 2.10. The zero-order valence-electron chi connectivity index (χ0n) is 13.3. The molecule has 0 heterocycles. The van der Waals surface area contributed by atoms with Crippen molar-refractivity contribution in [1.82, 2.24) is 0 Å². The van der Waals surface area contributed by atoms with Gasteiger partial charge in [-0.15, -0.1) is 0 Å². The Morgan fingerprint density at radius 1 is 1.09 bits per heavy atom. The van der Waals surface area contributed by atoms with Crippen molar-refractivity contribution >= 4 is 21.4 Å². The predicted octanol–water partition coefficient (Wildman–Crippen LogP) is 2.72. The van der Waals surface area contributed by atoms with Gasteiger partial charge in [0.15, 0.2) is 9.84 Å². The van der Waals surface area contributed by atoms with Gasteiger partial charge in [0.05, 0.1) is 17.7 Å². The van der Waals surface area contributed by atoms with Crippen LogP contribution in [0.4, 0.5) is 5.69 Å². The van der Waals surface area contributed by atoms with Gasteiger partial charge in [-0.25, -0.2) is 8.42 Å². The molecule has 5 nitrogen and oxygen atoms in total. The van der Waals surface area contributed by atoms with Crippen molar-refractivity contribution in [1.29, 1.82) is 0 Å². The quantitative estimate of drug-likeness (QED) is 0.913. The van der Waals surface area contributed by atoms with Gasteiger partial charge in [-0.2, -0.15) is 0 Å². The van der Waals surface area contributed by atoms with E-state index in [1.54, 1.807) is 36.4 Å². The highest BCUT2D eigenvalue weighted by Crippen LogP contribution is 2.23. The van der Waals surface area contributed by atoms with E-state index < -0.39 is 21.5 Å². The number of sulfone groups is 1. The van der Waals surface area contributed by atoms with E-state index in [9.17, 15) is 13.2 Å². The van der Waals surface area contributed by atoms with Crippen molar-refractivity contribution in [2.24, 2.45) is 0 Å². The van der Waals surface area contributed by atoms with E-state index >= 15 is 0 Å². The van der Waals surface area contributed by atoms with Crippen LogP contribution in [0.1, 0.15) is 11.1 Å². The minimum absolute atomic E-state index is 0.149. The average Bonchev–Trinajstić information content (AvgIpc) is 2.49. The molecule has 0 unspecified atom stereocenters. The van der Waals surface area contributed by atoms with Gasteiger partial charge in [0.25, 0.3) is 0 Å². The van der Waals surface area contributed by atoms with Crippen molar-refractivity contribution in [3.05, 3.63) is 53.6 Å². The SMILES string of the molecule is COc1ccccc1NC(=O)CS(=O)(=O)c1ccc(C)c(C)c1. The maximum Gasteiger partial charge on any atom is 0.240 e. The van der Waals surface area contributed by atoms with Crippen LogP contribution < -0.4 is 10.1 Å². The maximum absolute atomic E-state index is 12.4. The average molecular weight is 333 g/mol. The number of benzene rings is 2. The van der Waals surface area contributed by atoms with Gasteiger partial charge in [-0.3, -0.25) is 4.79 Å². The van der Waals surface area contributed by atoms with E-state index in [1.807, 2.05) is 13.8 Å². The molecule has 1 amide bonds. The molecule has 0 spiro atoms. The first-order valence-electron chi connectivity index (χ1n) is 7.06. The molecule has 0 radical (unpaired) electrons. The smallest absolute Gasteiger partial charge is 0.240 e. The number of ether oxygens (including phenoxy) is 1. The lowest BCUT2D eigenvalue weighted by Gasteiger charge is -2.10. The Morgan fingerprint density at radius 3 is 2.43 bits per heavy atom. The predicted molar refractivity (Wildman–Crippen MR) is 89.6 cm³/mol. The van der Waals surface area contributed by atoms with Crippen LogP contribution in [-0.2, 0) is 14.6 Å². The molecule has 2 aromatic carbocycles. The molecule has 23 heavy (non-hydrogen) atoms. The lowest BCUT2D eigenvalue weighted by Crippen LogP contribution is -2.23. The summed E-state index contributed by atoms with van der Waals surface area (Å²) in [5, 5.41) is 2.57. The summed E-state index contributed by atoms with van der Waals surface area (Å²) in [5.74, 6) is -0.745. The summed E-state index contributed by atoms with van der Waals surface area (Å²) in [5.41, 5.74) is 2.31. The number of carbonyl (C=O) groups excluding carboxylic acids is 1. The summed E-state index contributed by atoms with van der Waals surface area (Å²) >= 11 is 0. The minimum Gasteiger partial charge on any atom is -0.495 e. The second kappa shape index (κ2) is 6.83. The monoisotopic (exact) mass is 333 g/mol. The summed E-state index contributed by atoms with van der Waals surface area (Å²) < 4.78 is 29.8. The fourth-order valence-corrected chi connectivity index (χ4v) is 3.31. The van der Waals surface area contributed by atoms with E-state index in [0.717, 1.165) is 11.1 Å². The Hall–Kier alpha value is -2.34. The topological polar surface area (TPSA) is 72.5 Å². The number of aryl methyl sites for hydroxylation is 2. The summed E-state index contributed by atoms with van der Waals surface area (Å²) in [6.07, 6.45) is 0. The number of methoxy groups -OCH3 is 1. The highest BCUT2D eigenvalue weighted by atomic mass is 32.2. The molecular formula is C17H19NO4S. The first-order valence-corrected chi connectivity index (χ1v) is 8.71. The largest absolute Gasteiger partial charge is 0.495 e. The second-order valence-electron chi connectivity index (χ2n) is 5.25. The molecule has 0 aliphatic heterocycles. The van der Waals surface area contributed by atoms with Crippen LogP contribution in [-0.4, -0.2) is 27.2 Å². The normalized spacial score (nSPS) is 11.1. The number of amides is 1. The van der Waals surface area contributed by atoms with Gasteiger partial charge in [0.2, 0.25) is 5.91 Å². The van der Waals surface area contributed by atoms with E-state index in [0.29, 0.717) is 11.4 Å². The molecule has 0 bridgehead atoms. The molecule has 122 valence electrons. The van der Waals surface area contributed by atoms with Crippen LogP contribution in [0.25, 0.3) is 0 Å². The third-order valence-electron chi connectivity index (χ3n) is 3.54. The number of rotatable bonds is 5.